The quantitative estimate of drug-likeness (QED) is 0.860. The van der Waals surface area contributed by atoms with Crippen LogP contribution in [0.5, 0.6) is 0 Å². The molecule has 116 valence electrons. The van der Waals surface area contributed by atoms with Crippen LogP contribution in [-0.4, -0.2) is 24.0 Å². The number of thiazole rings is 1. The van der Waals surface area contributed by atoms with Crippen molar-refractivity contribution in [1.29, 1.82) is 0 Å². The first kappa shape index (κ1) is 16.2. The van der Waals surface area contributed by atoms with Crippen LogP contribution in [-0.2, 0) is 20.7 Å². The molecule has 1 aromatic carbocycles. The third kappa shape index (κ3) is 3.92. The largest absolute Gasteiger partial charge is 0.469 e. The Hall–Kier alpha value is -2.21. The van der Waals surface area contributed by atoms with E-state index in [1.165, 1.54) is 18.4 Å². The number of benzene rings is 1. The van der Waals surface area contributed by atoms with Crippen molar-refractivity contribution in [3.63, 3.8) is 0 Å². The van der Waals surface area contributed by atoms with E-state index in [0.717, 1.165) is 10.4 Å². The van der Waals surface area contributed by atoms with Gasteiger partial charge >= 0.3 is 5.97 Å². The molecule has 0 aliphatic rings. The van der Waals surface area contributed by atoms with Crippen LogP contribution in [0.4, 0.5) is 5.13 Å². The van der Waals surface area contributed by atoms with Gasteiger partial charge in [0.05, 0.1) is 19.2 Å². The van der Waals surface area contributed by atoms with Crippen LogP contribution in [0, 0.1) is 5.92 Å². The van der Waals surface area contributed by atoms with Crippen molar-refractivity contribution in [2.24, 2.45) is 5.92 Å². The molecule has 6 heteroatoms. The van der Waals surface area contributed by atoms with Crippen molar-refractivity contribution in [3.05, 3.63) is 35.2 Å². The Morgan fingerprint density at radius 3 is 2.55 bits per heavy atom. The number of carbonyl (C=O) groups excluding carboxylic acids is 2. The highest BCUT2D eigenvalue weighted by Gasteiger charge is 2.18. The Bertz CT molecular complexity index is 665. The molecule has 22 heavy (non-hydrogen) atoms. The minimum atomic E-state index is -0.331. The average molecular weight is 318 g/mol. The van der Waals surface area contributed by atoms with Gasteiger partial charge in [0.15, 0.2) is 5.13 Å². The van der Waals surface area contributed by atoms with Crippen LogP contribution in [0.25, 0.3) is 11.3 Å². The summed E-state index contributed by atoms with van der Waals surface area (Å²) in [6.07, 6.45) is 0.135. The molecule has 0 aliphatic heterocycles. The molecular weight excluding hydrogens is 300 g/mol. The van der Waals surface area contributed by atoms with Crippen molar-refractivity contribution in [2.45, 2.75) is 20.3 Å². The van der Waals surface area contributed by atoms with E-state index in [2.05, 4.69) is 10.3 Å². The number of anilines is 1. The second-order valence-corrected chi connectivity index (χ2v) is 6.14. The summed E-state index contributed by atoms with van der Waals surface area (Å²) in [5.41, 5.74) is 1.61. The number of aromatic nitrogens is 1. The second kappa shape index (κ2) is 7.17. The van der Waals surface area contributed by atoms with Gasteiger partial charge in [-0.15, -0.1) is 11.3 Å². The standard InChI is InChI=1S/C16H18N2O3S/c1-10(2)15(20)18-16-17-14(11-7-5-4-6-8-11)12(22-16)9-13(19)21-3/h4-8,10H,9H2,1-3H3,(H,17,18,20). The Morgan fingerprint density at radius 2 is 1.95 bits per heavy atom. The highest BCUT2D eigenvalue weighted by atomic mass is 32.1. The van der Waals surface area contributed by atoms with E-state index in [1.54, 1.807) is 0 Å². The van der Waals surface area contributed by atoms with E-state index in [4.69, 9.17) is 4.74 Å². The molecule has 0 spiro atoms. The minimum Gasteiger partial charge on any atom is -0.469 e. The highest BCUT2D eigenvalue weighted by molar-refractivity contribution is 7.16. The molecule has 0 unspecified atom stereocenters. The summed E-state index contributed by atoms with van der Waals surface area (Å²) in [7, 11) is 1.35. The van der Waals surface area contributed by atoms with Gasteiger partial charge in [0.2, 0.25) is 5.91 Å². The molecule has 1 heterocycles. The third-order valence-electron chi connectivity index (χ3n) is 3.03. The molecule has 1 N–H and O–H groups in total. The first-order valence-electron chi connectivity index (χ1n) is 6.94. The molecule has 0 fully saturated rings. The number of methoxy groups -OCH3 is 1. The van der Waals surface area contributed by atoms with Gasteiger partial charge in [0.25, 0.3) is 0 Å². The van der Waals surface area contributed by atoms with Crippen LogP contribution in [0.3, 0.4) is 0 Å². The lowest BCUT2D eigenvalue weighted by Crippen LogP contribution is -2.17. The second-order valence-electron chi connectivity index (χ2n) is 5.05. The number of esters is 1. The Morgan fingerprint density at radius 1 is 1.27 bits per heavy atom. The van der Waals surface area contributed by atoms with Gasteiger partial charge in [0.1, 0.15) is 0 Å². The molecule has 5 nitrogen and oxygen atoms in total. The fourth-order valence-electron chi connectivity index (χ4n) is 1.80. The van der Waals surface area contributed by atoms with Gasteiger partial charge < -0.3 is 10.1 Å². The van der Waals surface area contributed by atoms with E-state index < -0.39 is 0 Å². The molecule has 1 amide bonds. The minimum absolute atomic E-state index is 0.0991. The van der Waals surface area contributed by atoms with Crippen LogP contribution >= 0.6 is 11.3 Å². The van der Waals surface area contributed by atoms with Gasteiger partial charge in [-0.3, -0.25) is 9.59 Å². The molecule has 0 bridgehead atoms. The SMILES string of the molecule is COC(=O)Cc1sc(NC(=O)C(C)C)nc1-c1ccccc1. The van der Waals surface area contributed by atoms with Crippen molar-refractivity contribution < 1.29 is 14.3 Å². The number of ether oxygens (including phenoxy) is 1. The lowest BCUT2D eigenvalue weighted by Gasteiger charge is -2.03. The third-order valence-corrected chi connectivity index (χ3v) is 4.00. The maximum absolute atomic E-state index is 11.8. The molecule has 0 saturated heterocycles. The average Bonchev–Trinajstić information content (AvgIpc) is 2.90. The predicted molar refractivity (Wildman–Crippen MR) is 86.7 cm³/mol. The van der Waals surface area contributed by atoms with E-state index >= 15 is 0 Å². The maximum atomic E-state index is 11.8. The van der Waals surface area contributed by atoms with E-state index in [-0.39, 0.29) is 24.2 Å². The van der Waals surface area contributed by atoms with Gasteiger partial charge in [0, 0.05) is 16.4 Å². The smallest absolute Gasteiger partial charge is 0.310 e. The summed E-state index contributed by atoms with van der Waals surface area (Å²) >= 11 is 1.30. The van der Waals surface area contributed by atoms with Crippen LogP contribution in [0.2, 0.25) is 0 Å². The first-order valence-corrected chi connectivity index (χ1v) is 7.75. The zero-order chi connectivity index (χ0) is 16.1. The number of nitrogens with one attached hydrogen (secondary N) is 1. The fourth-order valence-corrected chi connectivity index (χ4v) is 2.77. The Labute approximate surface area is 133 Å². The number of rotatable bonds is 5. The number of carbonyl (C=O) groups is 2. The summed E-state index contributed by atoms with van der Waals surface area (Å²) in [6, 6.07) is 9.57. The zero-order valence-corrected chi connectivity index (χ0v) is 13.6. The molecule has 0 aliphatic carbocycles. The van der Waals surface area contributed by atoms with E-state index in [0.29, 0.717) is 10.8 Å². The summed E-state index contributed by atoms with van der Waals surface area (Å²) < 4.78 is 4.73. The topological polar surface area (TPSA) is 68.3 Å². The Balaban J connectivity index is 2.35. The van der Waals surface area contributed by atoms with Gasteiger partial charge in [-0.05, 0) is 0 Å². The van der Waals surface area contributed by atoms with Gasteiger partial charge in [-0.2, -0.15) is 0 Å². The van der Waals surface area contributed by atoms with Gasteiger partial charge in [-0.1, -0.05) is 44.2 Å². The molecular formula is C16H18N2O3S. The number of hydrogen-bond acceptors (Lipinski definition) is 5. The summed E-state index contributed by atoms with van der Waals surface area (Å²) in [6.45, 7) is 3.63. The van der Waals surface area contributed by atoms with Crippen molar-refractivity contribution in [3.8, 4) is 11.3 Å². The number of hydrogen-bond donors (Lipinski definition) is 1. The van der Waals surface area contributed by atoms with Crippen LogP contribution in [0.1, 0.15) is 18.7 Å². The molecule has 2 rings (SSSR count). The highest BCUT2D eigenvalue weighted by Crippen LogP contribution is 2.31. The van der Waals surface area contributed by atoms with Crippen LogP contribution in [0.15, 0.2) is 30.3 Å². The monoisotopic (exact) mass is 318 g/mol. The molecule has 2 aromatic rings. The number of nitrogens with zero attached hydrogens (tertiary/aromatic N) is 1. The normalized spacial score (nSPS) is 10.5. The zero-order valence-electron chi connectivity index (χ0n) is 12.8. The van der Waals surface area contributed by atoms with E-state index in [9.17, 15) is 9.59 Å². The summed E-state index contributed by atoms with van der Waals surface area (Å²) in [5.74, 6) is -0.561. The fraction of sp³-hybridized carbons (Fsp3) is 0.312. The van der Waals surface area contributed by atoms with Crippen molar-refractivity contribution in [2.75, 3.05) is 12.4 Å². The van der Waals surface area contributed by atoms with Crippen molar-refractivity contribution >= 4 is 28.3 Å². The lowest BCUT2D eigenvalue weighted by atomic mass is 10.1. The molecule has 1 aromatic heterocycles. The number of amides is 1. The van der Waals surface area contributed by atoms with Crippen molar-refractivity contribution in [1.82, 2.24) is 4.98 Å². The molecule has 0 atom stereocenters. The van der Waals surface area contributed by atoms with E-state index in [1.807, 2.05) is 44.2 Å². The summed E-state index contributed by atoms with van der Waals surface area (Å²) in [4.78, 5) is 28.6. The first-order chi connectivity index (χ1) is 10.5. The Kier molecular flexibility index (Phi) is 5.27. The van der Waals surface area contributed by atoms with Crippen LogP contribution < -0.4 is 5.32 Å². The maximum Gasteiger partial charge on any atom is 0.310 e. The predicted octanol–water partition coefficient (Wildman–Crippen LogP) is 3.12. The lowest BCUT2D eigenvalue weighted by molar-refractivity contribution is -0.139. The van der Waals surface area contributed by atoms with Gasteiger partial charge in [-0.25, -0.2) is 4.98 Å². The molecule has 0 radical (unpaired) electrons. The molecule has 0 saturated carbocycles. The summed E-state index contributed by atoms with van der Waals surface area (Å²) in [5, 5.41) is 3.28.